The summed E-state index contributed by atoms with van der Waals surface area (Å²) >= 11 is 0. The maximum atomic E-state index is 12.4. The molecule has 0 aliphatic rings. The smallest absolute Gasteiger partial charge is 0.246 e. The molecule has 1 N–H and O–H groups in total. The minimum absolute atomic E-state index is 0.114. The molecule has 0 radical (unpaired) electrons. The number of imidazole rings is 1. The maximum absolute atomic E-state index is 12.4. The molecule has 22 heavy (non-hydrogen) atoms. The van der Waals surface area contributed by atoms with Gasteiger partial charge in [0.2, 0.25) is 5.91 Å². The van der Waals surface area contributed by atoms with Gasteiger partial charge < -0.3 is 9.88 Å². The number of aromatic nitrogens is 2. The fourth-order valence-corrected chi connectivity index (χ4v) is 2.42. The molecule has 0 aromatic carbocycles. The topological polar surface area (TPSA) is 49.0 Å². The van der Waals surface area contributed by atoms with Gasteiger partial charge in [-0.25, -0.2) is 4.98 Å². The fourth-order valence-electron chi connectivity index (χ4n) is 2.42. The number of nitrogens with zero attached hydrogens (tertiary/aromatic N) is 2. The molecule has 0 saturated heterocycles. The van der Waals surface area contributed by atoms with Crippen molar-refractivity contribution < 1.29 is 4.79 Å². The van der Waals surface area contributed by atoms with Gasteiger partial charge in [-0.15, -0.1) is 0 Å². The fraction of sp³-hybridized carbons (Fsp3) is 0.667. The Kier molecular flexibility index (Phi) is 10.1. The highest BCUT2D eigenvalue weighted by molar-refractivity contribution is 5.91. The van der Waals surface area contributed by atoms with E-state index in [4.69, 9.17) is 0 Å². The molecule has 1 heterocycles. The molecule has 1 amide bonds. The second-order valence-corrected chi connectivity index (χ2v) is 5.79. The van der Waals surface area contributed by atoms with Crippen molar-refractivity contribution in [2.75, 3.05) is 13.1 Å². The van der Waals surface area contributed by atoms with Gasteiger partial charge in [0.1, 0.15) is 0 Å². The van der Waals surface area contributed by atoms with Crippen LogP contribution in [0.1, 0.15) is 70.9 Å². The molecule has 4 nitrogen and oxygen atoms in total. The molecule has 0 unspecified atom stereocenters. The lowest BCUT2D eigenvalue weighted by molar-refractivity contribution is -0.126. The maximum Gasteiger partial charge on any atom is 0.246 e. The highest BCUT2D eigenvalue weighted by atomic mass is 16.2. The molecular weight excluding hydrogens is 274 g/mol. The molecule has 0 fully saturated rings. The van der Waals surface area contributed by atoms with Crippen LogP contribution < -0.4 is 0 Å². The lowest BCUT2D eigenvalue weighted by atomic mass is 10.1. The summed E-state index contributed by atoms with van der Waals surface area (Å²) in [5, 5.41) is 0. The van der Waals surface area contributed by atoms with E-state index in [1.165, 1.54) is 38.5 Å². The van der Waals surface area contributed by atoms with Gasteiger partial charge in [-0.05, 0) is 18.9 Å². The average molecular weight is 305 g/mol. The lowest BCUT2D eigenvalue weighted by Gasteiger charge is -2.21. The van der Waals surface area contributed by atoms with Crippen LogP contribution in [-0.4, -0.2) is 33.9 Å². The lowest BCUT2D eigenvalue weighted by Crippen LogP contribution is -2.31. The summed E-state index contributed by atoms with van der Waals surface area (Å²) in [6, 6.07) is 0. The molecule has 1 rings (SSSR count). The summed E-state index contributed by atoms with van der Waals surface area (Å²) in [5.41, 5.74) is 0.866. The highest BCUT2D eigenvalue weighted by Crippen LogP contribution is 2.07. The summed E-state index contributed by atoms with van der Waals surface area (Å²) in [6.07, 6.45) is 16.4. The van der Waals surface area contributed by atoms with E-state index < -0.39 is 0 Å². The highest BCUT2D eigenvalue weighted by Gasteiger charge is 2.09. The molecular formula is C18H31N3O. The van der Waals surface area contributed by atoms with Crippen LogP contribution in [-0.2, 0) is 4.79 Å². The third-order valence-corrected chi connectivity index (χ3v) is 3.80. The zero-order valence-electron chi connectivity index (χ0n) is 14.2. The van der Waals surface area contributed by atoms with Crippen molar-refractivity contribution in [3.63, 3.8) is 0 Å². The summed E-state index contributed by atoms with van der Waals surface area (Å²) < 4.78 is 0. The van der Waals surface area contributed by atoms with Crippen molar-refractivity contribution in [3.05, 3.63) is 24.3 Å². The van der Waals surface area contributed by atoms with Gasteiger partial charge in [0.25, 0.3) is 0 Å². The number of carbonyl (C=O) groups is 1. The molecule has 0 spiro atoms. The van der Waals surface area contributed by atoms with Crippen LogP contribution in [0.5, 0.6) is 0 Å². The molecule has 0 bridgehead atoms. The number of carbonyl (C=O) groups excluding carboxylic acids is 1. The van der Waals surface area contributed by atoms with Crippen molar-refractivity contribution >= 4 is 12.0 Å². The summed E-state index contributed by atoms with van der Waals surface area (Å²) in [7, 11) is 0. The molecule has 0 atom stereocenters. The van der Waals surface area contributed by atoms with E-state index in [0.29, 0.717) is 0 Å². The van der Waals surface area contributed by atoms with Crippen LogP contribution in [0.15, 0.2) is 18.6 Å². The van der Waals surface area contributed by atoms with Crippen LogP contribution in [0.3, 0.4) is 0 Å². The number of hydrogen-bond acceptors (Lipinski definition) is 2. The molecule has 1 aromatic heterocycles. The Morgan fingerprint density at radius 3 is 2.23 bits per heavy atom. The third-order valence-electron chi connectivity index (χ3n) is 3.80. The predicted octanol–water partition coefficient (Wildman–Crippen LogP) is 4.41. The quantitative estimate of drug-likeness (QED) is 0.459. The van der Waals surface area contributed by atoms with Crippen LogP contribution in [0.25, 0.3) is 6.08 Å². The van der Waals surface area contributed by atoms with Crippen molar-refractivity contribution in [2.24, 2.45) is 0 Å². The van der Waals surface area contributed by atoms with Gasteiger partial charge in [0.15, 0.2) is 0 Å². The van der Waals surface area contributed by atoms with Crippen molar-refractivity contribution in [1.82, 2.24) is 14.9 Å². The van der Waals surface area contributed by atoms with Crippen LogP contribution >= 0.6 is 0 Å². The Morgan fingerprint density at radius 1 is 1.09 bits per heavy atom. The Hall–Kier alpha value is -1.58. The Morgan fingerprint density at radius 2 is 1.73 bits per heavy atom. The van der Waals surface area contributed by atoms with E-state index in [1.807, 2.05) is 4.90 Å². The van der Waals surface area contributed by atoms with Crippen LogP contribution in [0.2, 0.25) is 0 Å². The first-order chi connectivity index (χ1) is 10.8. The molecule has 1 aromatic rings. The molecule has 0 aliphatic carbocycles. The number of aromatic amines is 1. The van der Waals surface area contributed by atoms with Gasteiger partial charge in [-0.3, -0.25) is 4.79 Å². The van der Waals surface area contributed by atoms with E-state index in [0.717, 1.165) is 31.6 Å². The molecule has 4 heteroatoms. The first-order valence-electron chi connectivity index (χ1n) is 8.73. The monoisotopic (exact) mass is 305 g/mol. The van der Waals surface area contributed by atoms with Gasteiger partial charge >= 0.3 is 0 Å². The van der Waals surface area contributed by atoms with E-state index in [1.54, 1.807) is 24.7 Å². The van der Waals surface area contributed by atoms with E-state index in [2.05, 4.69) is 23.8 Å². The van der Waals surface area contributed by atoms with Crippen molar-refractivity contribution in [3.8, 4) is 0 Å². The zero-order valence-corrected chi connectivity index (χ0v) is 14.2. The first kappa shape index (κ1) is 18.5. The van der Waals surface area contributed by atoms with E-state index >= 15 is 0 Å². The van der Waals surface area contributed by atoms with Crippen LogP contribution in [0.4, 0.5) is 0 Å². The average Bonchev–Trinajstić information content (AvgIpc) is 3.04. The summed E-state index contributed by atoms with van der Waals surface area (Å²) in [6.45, 7) is 6.16. The summed E-state index contributed by atoms with van der Waals surface area (Å²) in [5.74, 6) is 0.114. The van der Waals surface area contributed by atoms with Gasteiger partial charge in [-0.1, -0.05) is 52.4 Å². The van der Waals surface area contributed by atoms with Gasteiger partial charge in [-0.2, -0.15) is 0 Å². The third kappa shape index (κ3) is 8.01. The predicted molar refractivity (Wildman–Crippen MR) is 92.5 cm³/mol. The van der Waals surface area contributed by atoms with E-state index in [-0.39, 0.29) is 5.91 Å². The number of amides is 1. The second-order valence-electron chi connectivity index (χ2n) is 5.79. The number of hydrogen-bond donors (Lipinski definition) is 1. The minimum Gasteiger partial charge on any atom is -0.345 e. The van der Waals surface area contributed by atoms with Gasteiger partial charge in [0, 0.05) is 19.2 Å². The SMILES string of the molecule is CCCCCCN(CCCCCC)C(=O)C=Cc1cnc[nH]1. The molecule has 0 saturated carbocycles. The normalized spacial score (nSPS) is 11.2. The number of H-pyrrole nitrogens is 1. The standard InChI is InChI=1S/C18H31N3O/c1-3-5-7-9-13-21(14-10-8-6-4-2)18(22)12-11-17-15-19-16-20-17/h11-12,15-16H,3-10,13-14H2,1-2H3,(H,19,20). The molecule has 124 valence electrons. The zero-order chi connectivity index (χ0) is 16.0. The van der Waals surface area contributed by atoms with E-state index in [9.17, 15) is 4.79 Å². The summed E-state index contributed by atoms with van der Waals surface area (Å²) in [4.78, 5) is 21.3. The number of rotatable bonds is 12. The van der Waals surface area contributed by atoms with Crippen molar-refractivity contribution in [1.29, 1.82) is 0 Å². The Balaban J connectivity index is 2.44. The number of unbranched alkanes of at least 4 members (excludes halogenated alkanes) is 6. The minimum atomic E-state index is 0.114. The van der Waals surface area contributed by atoms with Gasteiger partial charge in [0.05, 0.1) is 18.2 Å². The Labute approximate surface area is 135 Å². The largest absolute Gasteiger partial charge is 0.345 e. The van der Waals surface area contributed by atoms with Crippen molar-refractivity contribution in [2.45, 2.75) is 65.2 Å². The number of nitrogens with one attached hydrogen (secondary N) is 1. The Bertz CT molecular complexity index is 400. The first-order valence-corrected chi connectivity index (χ1v) is 8.73. The van der Waals surface area contributed by atoms with Crippen LogP contribution in [0, 0.1) is 0 Å². The molecule has 0 aliphatic heterocycles. The second kappa shape index (κ2) is 12.0.